The molecule has 15 heavy (non-hydrogen) atoms. The summed E-state index contributed by atoms with van der Waals surface area (Å²) in [6.45, 7) is 8.15. The molecule has 0 saturated heterocycles. The summed E-state index contributed by atoms with van der Waals surface area (Å²) in [7, 11) is 0. The van der Waals surface area contributed by atoms with Crippen LogP contribution in [0, 0.1) is 0 Å². The highest BCUT2D eigenvalue weighted by atomic mass is 16.6. The predicted octanol–water partition coefficient (Wildman–Crippen LogP) is 3.44. The molecule has 3 nitrogen and oxygen atoms in total. The van der Waals surface area contributed by atoms with E-state index in [1.807, 2.05) is 13.8 Å². The Bertz CT molecular complexity index is 156. The van der Waals surface area contributed by atoms with Crippen LogP contribution in [0.3, 0.4) is 0 Å². The van der Waals surface area contributed by atoms with E-state index < -0.39 is 0 Å². The zero-order valence-corrected chi connectivity index (χ0v) is 10.4. The van der Waals surface area contributed by atoms with E-state index in [1.54, 1.807) is 4.90 Å². The topological polar surface area (TPSA) is 29.5 Å². The van der Waals surface area contributed by atoms with Crippen molar-refractivity contribution in [3.05, 3.63) is 0 Å². The van der Waals surface area contributed by atoms with Gasteiger partial charge < -0.3 is 9.64 Å². The Morgan fingerprint density at radius 1 is 1.00 bits per heavy atom. The van der Waals surface area contributed by atoms with E-state index >= 15 is 0 Å². The van der Waals surface area contributed by atoms with Crippen molar-refractivity contribution in [2.24, 2.45) is 0 Å². The maximum Gasteiger partial charge on any atom is 0.409 e. The van der Waals surface area contributed by atoms with Gasteiger partial charge in [-0.2, -0.15) is 0 Å². The average Bonchev–Trinajstić information content (AvgIpc) is 2.25. The van der Waals surface area contributed by atoms with E-state index in [4.69, 9.17) is 4.74 Å². The summed E-state index contributed by atoms with van der Waals surface area (Å²) in [6.07, 6.45) is 5.77. The molecule has 0 atom stereocenters. The lowest BCUT2D eigenvalue weighted by Gasteiger charge is -2.17. The average molecular weight is 215 g/mol. The van der Waals surface area contributed by atoms with Gasteiger partial charge >= 0.3 is 6.09 Å². The molecule has 3 heteroatoms. The normalized spacial score (nSPS) is 10.1. The molecule has 0 saturated carbocycles. The molecule has 0 radical (unpaired) electrons. The second kappa shape index (κ2) is 9.81. The lowest BCUT2D eigenvalue weighted by Crippen LogP contribution is -2.31. The Morgan fingerprint density at radius 2 is 1.60 bits per heavy atom. The molecule has 0 rings (SSSR count). The van der Waals surface area contributed by atoms with E-state index in [9.17, 15) is 4.79 Å². The minimum Gasteiger partial charge on any atom is -0.449 e. The molecular formula is C12H25NO2. The lowest BCUT2D eigenvalue weighted by molar-refractivity contribution is 0.104. The molecule has 0 unspecified atom stereocenters. The SMILES string of the molecule is CCCCCCCOC(=O)N(CC)CC. The minimum absolute atomic E-state index is 0.171. The molecule has 0 fully saturated rings. The number of ether oxygens (including phenoxy) is 1. The van der Waals surface area contributed by atoms with Gasteiger partial charge in [0.05, 0.1) is 6.61 Å². The van der Waals surface area contributed by atoms with Crippen LogP contribution < -0.4 is 0 Å². The zero-order valence-electron chi connectivity index (χ0n) is 10.4. The second-order valence-electron chi connectivity index (χ2n) is 3.70. The smallest absolute Gasteiger partial charge is 0.409 e. The number of unbranched alkanes of at least 4 members (excludes halogenated alkanes) is 4. The maximum absolute atomic E-state index is 11.4. The molecule has 0 aliphatic rings. The second-order valence-corrected chi connectivity index (χ2v) is 3.70. The van der Waals surface area contributed by atoms with Crippen LogP contribution in [-0.2, 0) is 4.74 Å². The molecular weight excluding hydrogens is 190 g/mol. The largest absolute Gasteiger partial charge is 0.449 e. The van der Waals surface area contributed by atoms with Gasteiger partial charge in [0, 0.05) is 13.1 Å². The number of carbonyl (C=O) groups excluding carboxylic acids is 1. The Labute approximate surface area is 93.8 Å². The predicted molar refractivity (Wildman–Crippen MR) is 63.0 cm³/mol. The number of carbonyl (C=O) groups is 1. The van der Waals surface area contributed by atoms with Gasteiger partial charge in [-0.05, 0) is 20.3 Å². The van der Waals surface area contributed by atoms with E-state index in [0.717, 1.165) is 19.5 Å². The molecule has 0 heterocycles. The monoisotopic (exact) mass is 215 g/mol. The van der Waals surface area contributed by atoms with Crippen LogP contribution in [0.15, 0.2) is 0 Å². The van der Waals surface area contributed by atoms with E-state index in [0.29, 0.717) is 6.61 Å². The quantitative estimate of drug-likeness (QED) is 0.580. The fourth-order valence-corrected chi connectivity index (χ4v) is 1.44. The van der Waals surface area contributed by atoms with E-state index in [-0.39, 0.29) is 6.09 Å². The molecule has 0 aromatic rings. The van der Waals surface area contributed by atoms with Crippen molar-refractivity contribution in [1.82, 2.24) is 4.90 Å². The lowest BCUT2D eigenvalue weighted by atomic mass is 10.2. The van der Waals surface area contributed by atoms with Crippen molar-refractivity contribution in [2.75, 3.05) is 19.7 Å². The number of hydrogen-bond acceptors (Lipinski definition) is 2. The van der Waals surface area contributed by atoms with E-state index in [2.05, 4.69) is 6.92 Å². The highest BCUT2D eigenvalue weighted by Gasteiger charge is 2.09. The standard InChI is InChI=1S/C12H25NO2/c1-4-7-8-9-10-11-15-12(14)13(5-2)6-3/h4-11H2,1-3H3. The third kappa shape index (κ3) is 7.23. The molecule has 0 bridgehead atoms. The first-order valence-electron chi connectivity index (χ1n) is 6.17. The summed E-state index contributed by atoms with van der Waals surface area (Å²) >= 11 is 0. The summed E-state index contributed by atoms with van der Waals surface area (Å²) in [4.78, 5) is 13.1. The van der Waals surface area contributed by atoms with E-state index in [1.165, 1.54) is 25.7 Å². The van der Waals surface area contributed by atoms with Crippen LogP contribution >= 0.6 is 0 Å². The van der Waals surface area contributed by atoms with Crippen molar-refractivity contribution >= 4 is 6.09 Å². The third-order valence-electron chi connectivity index (χ3n) is 2.50. The first kappa shape index (κ1) is 14.3. The summed E-state index contributed by atoms with van der Waals surface area (Å²) in [5, 5.41) is 0. The fourth-order valence-electron chi connectivity index (χ4n) is 1.44. The molecule has 90 valence electrons. The molecule has 0 aromatic heterocycles. The Balaban J connectivity index is 3.38. The van der Waals surface area contributed by atoms with Gasteiger partial charge in [0.25, 0.3) is 0 Å². The van der Waals surface area contributed by atoms with Gasteiger partial charge in [0.2, 0.25) is 0 Å². The van der Waals surface area contributed by atoms with Gasteiger partial charge in [-0.25, -0.2) is 4.79 Å². The van der Waals surface area contributed by atoms with Gasteiger partial charge in [-0.15, -0.1) is 0 Å². The molecule has 0 N–H and O–H groups in total. The highest BCUT2D eigenvalue weighted by molar-refractivity contribution is 5.67. The first-order chi connectivity index (χ1) is 7.26. The van der Waals surface area contributed by atoms with Crippen molar-refractivity contribution < 1.29 is 9.53 Å². The van der Waals surface area contributed by atoms with Gasteiger partial charge in [-0.3, -0.25) is 0 Å². The van der Waals surface area contributed by atoms with Crippen LogP contribution in [0.1, 0.15) is 52.9 Å². The van der Waals surface area contributed by atoms with Crippen LogP contribution in [0.5, 0.6) is 0 Å². The fraction of sp³-hybridized carbons (Fsp3) is 0.917. The summed E-state index contributed by atoms with van der Waals surface area (Å²) in [5.41, 5.74) is 0. The Hall–Kier alpha value is -0.730. The zero-order chi connectivity index (χ0) is 11.5. The summed E-state index contributed by atoms with van der Waals surface area (Å²) in [5.74, 6) is 0. The van der Waals surface area contributed by atoms with Crippen LogP contribution in [0.25, 0.3) is 0 Å². The molecule has 0 spiro atoms. The highest BCUT2D eigenvalue weighted by Crippen LogP contribution is 2.03. The van der Waals surface area contributed by atoms with Crippen molar-refractivity contribution in [3.8, 4) is 0 Å². The Kier molecular flexibility index (Phi) is 9.33. The van der Waals surface area contributed by atoms with Gasteiger partial charge in [0.1, 0.15) is 0 Å². The van der Waals surface area contributed by atoms with Crippen molar-refractivity contribution in [3.63, 3.8) is 0 Å². The molecule has 0 aromatic carbocycles. The first-order valence-corrected chi connectivity index (χ1v) is 6.17. The summed E-state index contributed by atoms with van der Waals surface area (Å²) in [6, 6.07) is 0. The molecule has 1 amide bonds. The number of amides is 1. The maximum atomic E-state index is 11.4. The number of hydrogen-bond donors (Lipinski definition) is 0. The number of rotatable bonds is 8. The van der Waals surface area contributed by atoms with Crippen LogP contribution in [0.2, 0.25) is 0 Å². The number of nitrogens with zero attached hydrogens (tertiary/aromatic N) is 1. The van der Waals surface area contributed by atoms with Crippen LogP contribution in [-0.4, -0.2) is 30.7 Å². The van der Waals surface area contributed by atoms with Gasteiger partial charge in [0.15, 0.2) is 0 Å². The summed E-state index contributed by atoms with van der Waals surface area (Å²) < 4.78 is 5.15. The Morgan fingerprint density at radius 3 is 2.13 bits per heavy atom. The third-order valence-corrected chi connectivity index (χ3v) is 2.50. The van der Waals surface area contributed by atoms with Gasteiger partial charge in [-0.1, -0.05) is 32.6 Å². The molecule has 0 aliphatic carbocycles. The van der Waals surface area contributed by atoms with Crippen LogP contribution in [0.4, 0.5) is 4.79 Å². The minimum atomic E-state index is -0.171. The van der Waals surface area contributed by atoms with Crippen molar-refractivity contribution in [2.45, 2.75) is 52.9 Å². The van der Waals surface area contributed by atoms with Crippen molar-refractivity contribution in [1.29, 1.82) is 0 Å². The molecule has 0 aliphatic heterocycles.